The van der Waals surface area contributed by atoms with Crippen molar-refractivity contribution < 1.29 is 9.90 Å². The number of nitrogens with zero attached hydrogens (tertiary/aromatic N) is 2. The Morgan fingerprint density at radius 3 is 2.63 bits per heavy atom. The van der Waals surface area contributed by atoms with Crippen molar-refractivity contribution in [3.05, 3.63) is 47.8 Å². The highest BCUT2D eigenvalue weighted by Crippen LogP contribution is 2.18. The summed E-state index contributed by atoms with van der Waals surface area (Å²) in [6.45, 7) is 1.93. The number of amides is 1. The van der Waals surface area contributed by atoms with Crippen LogP contribution in [0.15, 0.2) is 36.5 Å². The van der Waals surface area contributed by atoms with E-state index in [1.165, 1.54) is 0 Å². The molecule has 2 rings (SSSR count). The number of nitrogens with one attached hydrogen (secondary N) is 1. The lowest BCUT2D eigenvalue weighted by atomic mass is 10.1. The Bertz CT molecular complexity index is 560. The van der Waals surface area contributed by atoms with Crippen LogP contribution in [-0.4, -0.2) is 27.8 Å². The maximum Gasteiger partial charge on any atom is 0.271 e. The SMILES string of the molecule is CCC(O)c1ccc(-n2ccc(C(=O)NC)n2)cc1. The van der Waals surface area contributed by atoms with Crippen LogP contribution in [0.3, 0.4) is 0 Å². The van der Waals surface area contributed by atoms with E-state index in [1.54, 1.807) is 24.0 Å². The lowest BCUT2D eigenvalue weighted by molar-refractivity contribution is 0.0957. The number of carbonyl (C=O) groups excluding carboxylic acids is 1. The number of aliphatic hydroxyl groups excluding tert-OH is 1. The molecule has 1 unspecified atom stereocenters. The zero-order valence-electron chi connectivity index (χ0n) is 11.0. The first-order valence-corrected chi connectivity index (χ1v) is 6.22. The molecule has 0 fully saturated rings. The van der Waals surface area contributed by atoms with Crippen molar-refractivity contribution in [2.24, 2.45) is 0 Å². The first-order chi connectivity index (χ1) is 9.15. The van der Waals surface area contributed by atoms with Crippen molar-refractivity contribution >= 4 is 5.91 Å². The zero-order valence-corrected chi connectivity index (χ0v) is 11.0. The van der Waals surface area contributed by atoms with Crippen molar-refractivity contribution in [1.29, 1.82) is 0 Å². The van der Waals surface area contributed by atoms with E-state index in [0.717, 1.165) is 11.3 Å². The number of rotatable bonds is 4. The second-order valence-corrected chi connectivity index (χ2v) is 4.24. The Hall–Kier alpha value is -2.14. The molecule has 1 atom stereocenters. The molecule has 2 N–H and O–H groups in total. The summed E-state index contributed by atoms with van der Waals surface area (Å²) in [6.07, 6.45) is 1.98. The monoisotopic (exact) mass is 259 g/mol. The Labute approximate surface area is 111 Å². The fourth-order valence-corrected chi connectivity index (χ4v) is 1.80. The quantitative estimate of drug-likeness (QED) is 0.877. The lowest BCUT2D eigenvalue weighted by Crippen LogP contribution is -2.18. The minimum atomic E-state index is -0.437. The van der Waals surface area contributed by atoms with Gasteiger partial charge in [-0.2, -0.15) is 5.10 Å². The number of carbonyl (C=O) groups is 1. The average molecular weight is 259 g/mol. The fourth-order valence-electron chi connectivity index (χ4n) is 1.80. The summed E-state index contributed by atoms with van der Waals surface area (Å²) >= 11 is 0. The molecule has 1 amide bonds. The zero-order chi connectivity index (χ0) is 13.8. The van der Waals surface area contributed by atoms with Crippen LogP contribution >= 0.6 is 0 Å². The number of aromatic nitrogens is 2. The first-order valence-electron chi connectivity index (χ1n) is 6.22. The maximum atomic E-state index is 11.4. The van der Waals surface area contributed by atoms with Gasteiger partial charge in [0.2, 0.25) is 0 Å². The molecule has 0 aliphatic heterocycles. The highest BCUT2D eigenvalue weighted by atomic mass is 16.3. The molecule has 100 valence electrons. The van der Waals surface area contributed by atoms with Crippen LogP contribution in [0.2, 0.25) is 0 Å². The van der Waals surface area contributed by atoms with E-state index in [4.69, 9.17) is 0 Å². The molecule has 5 heteroatoms. The van der Waals surface area contributed by atoms with Crippen LogP contribution in [-0.2, 0) is 0 Å². The van der Waals surface area contributed by atoms with E-state index in [1.807, 2.05) is 31.2 Å². The molecular weight excluding hydrogens is 242 g/mol. The van der Waals surface area contributed by atoms with E-state index in [0.29, 0.717) is 12.1 Å². The van der Waals surface area contributed by atoms with Gasteiger partial charge in [-0.1, -0.05) is 19.1 Å². The van der Waals surface area contributed by atoms with Crippen LogP contribution in [0.25, 0.3) is 5.69 Å². The molecule has 5 nitrogen and oxygen atoms in total. The van der Waals surface area contributed by atoms with E-state index < -0.39 is 6.10 Å². The third-order valence-corrected chi connectivity index (χ3v) is 2.98. The second kappa shape index (κ2) is 5.67. The molecule has 0 saturated carbocycles. The molecule has 2 aromatic rings. The minimum Gasteiger partial charge on any atom is -0.388 e. The van der Waals surface area contributed by atoms with Crippen LogP contribution in [0.4, 0.5) is 0 Å². The highest BCUT2D eigenvalue weighted by molar-refractivity contribution is 5.91. The van der Waals surface area contributed by atoms with Gasteiger partial charge >= 0.3 is 0 Å². The van der Waals surface area contributed by atoms with Gasteiger partial charge in [0.25, 0.3) is 5.91 Å². The van der Waals surface area contributed by atoms with Gasteiger partial charge in [-0.25, -0.2) is 4.68 Å². The van der Waals surface area contributed by atoms with Gasteiger partial charge in [0.15, 0.2) is 5.69 Å². The second-order valence-electron chi connectivity index (χ2n) is 4.24. The topological polar surface area (TPSA) is 67.2 Å². The van der Waals surface area contributed by atoms with Crippen molar-refractivity contribution in [3.63, 3.8) is 0 Å². The maximum absolute atomic E-state index is 11.4. The van der Waals surface area contributed by atoms with Gasteiger partial charge < -0.3 is 10.4 Å². The highest BCUT2D eigenvalue weighted by Gasteiger charge is 2.09. The number of aliphatic hydroxyl groups is 1. The van der Waals surface area contributed by atoms with Gasteiger partial charge in [0, 0.05) is 13.2 Å². The Morgan fingerprint density at radius 1 is 1.37 bits per heavy atom. The lowest BCUT2D eigenvalue weighted by Gasteiger charge is -2.08. The summed E-state index contributed by atoms with van der Waals surface area (Å²) in [5.74, 6) is -0.211. The van der Waals surface area contributed by atoms with Crippen LogP contribution in [0.1, 0.15) is 35.5 Å². The molecule has 19 heavy (non-hydrogen) atoms. The molecule has 1 aromatic carbocycles. The molecule has 0 radical (unpaired) electrons. The van der Waals surface area contributed by atoms with Crippen LogP contribution < -0.4 is 5.32 Å². The van der Waals surface area contributed by atoms with Crippen molar-refractivity contribution in [2.75, 3.05) is 7.05 Å². The van der Waals surface area contributed by atoms with Crippen molar-refractivity contribution in [3.8, 4) is 5.69 Å². The largest absolute Gasteiger partial charge is 0.388 e. The predicted octanol–water partition coefficient (Wildman–Crippen LogP) is 1.68. The Balaban J connectivity index is 2.22. The molecule has 0 aliphatic rings. The minimum absolute atomic E-state index is 0.211. The normalized spacial score (nSPS) is 12.2. The number of hydrogen-bond donors (Lipinski definition) is 2. The molecule has 0 bridgehead atoms. The van der Waals surface area contributed by atoms with Gasteiger partial charge in [-0.15, -0.1) is 0 Å². The van der Waals surface area contributed by atoms with Crippen molar-refractivity contribution in [1.82, 2.24) is 15.1 Å². The van der Waals surface area contributed by atoms with Gasteiger partial charge in [-0.3, -0.25) is 4.79 Å². The molecule has 1 heterocycles. The summed E-state index contributed by atoms with van der Waals surface area (Å²) in [6, 6.07) is 9.13. The summed E-state index contributed by atoms with van der Waals surface area (Å²) in [5, 5.41) is 16.4. The van der Waals surface area contributed by atoms with E-state index in [-0.39, 0.29) is 5.91 Å². The van der Waals surface area contributed by atoms with Crippen molar-refractivity contribution in [2.45, 2.75) is 19.4 Å². The molecule has 1 aromatic heterocycles. The smallest absolute Gasteiger partial charge is 0.271 e. The van der Waals surface area contributed by atoms with Crippen LogP contribution in [0, 0.1) is 0 Å². The van der Waals surface area contributed by atoms with Crippen LogP contribution in [0.5, 0.6) is 0 Å². The third kappa shape index (κ3) is 2.82. The predicted molar refractivity (Wildman–Crippen MR) is 72.2 cm³/mol. The van der Waals surface area contributed by atoms with Gasteiger partial charge in [-0.05, 0) is 30.2 Å². The molecule has 0 saturated heterocycles. The van der Waals surface area contributed by atoms with Gasteiger partial charge in [0.1, 0.15) is 0 Å². The Morgan fingerprint density at radius 2 is 2.05 bits per heavy atom. The van der Waals surface area contributed by atoms with E-state index in [9.17, 15) is 9.90 Å². The number of benzene rings is 1. The molecular formula is C14H17N3O2. The molecule has 0 aliphatic carbocycles. The fraction of sp³-hybridized carbons (Fsp3) is 0.286. The number of hydrogen-bond acceptors (Lipinski definition) is 3. The summed E-state index contributed by atoms with van der Waals surface area (Å²) in [5.41, 5.74) is 2.10. The first kappa shape index (κ1) is 13.3. The van der Waals surface area contributed by atoms with E-state index >= 15 is 0 Å². The Kier molecular flexibility index (Phi) is 3.97. The average Bonchev–Trinajstić information content (AvgIpc) is 2.95. The summed E-state index contributed by atoms with van der Waals surface area (Å²) in [4.78, 5) is 11.4. The summed E-state index contributed by atoms with van der Waals surface area (Å²) < 4.78 is 1.63. The summed E-state index contributed by atoms with van der Waals surface area (Å²) in [7, 11) is 1.57. The molecule has 0 spiro atoms. The van der Waals surface area contributed by atoms with E-state index in [2.05, 4.69) is 10.4 Å². The van der Waals surface area contributed by atoms with Gasteiger partial charge in [0.05, 0.1) is 11.8 Å². The third-order valence-electron chi connectivity index (χ3n) is 2.98. The standard InChI is InChI=1S/C14H17N3O2/c1-3-13(18)10-4-6-11(7-5-10)17-9-8-12(16-17)14(19)15-2/h4-9,13,18H,3H2,1-2H3,(H,15,19).